The minimum atomic E-state index is -0.260. The van der Waals surface area contributed by atoms with Crippen molar-refractivity contribution in [2.75, 3.05) is 6.54 Å². The fourth-order valence-corrected chi connectivity index (χ4v) is 2.64. The molecule has 2 aromatic rings. The van der Waals surface area contributed by atoms with Crippen LogP contribution in [0.4, 0.5) is 0 Å². The number of rotatable bonds is 5. The van der Waals surface area contributed by atoms with Gasteiger partial charge in [-0.1, -0.05) is 31.8 Å². The standard InChI is InChI=1S/C18H21NOS/c1-3-18(4-2,14-19)20-16-10-7-15(8-11-16)9-12-17-6-5-13-21-17/h5-8,10-11,13H,3-4,14,19H2,1-2H3. The second-order valence-electron chi connectivity index (χ2n) is 4.95. The van der Waals surface area contributed by atoms with Gasteiger partial charge in [-0.2, -0.15) is 0 Å². The molecule has 0 saturated heterocycles. The van der Waals surface area contributed by atoms with Crippen molar-refractivity contribution in [3.05, 3.63) is 52.2 Å². The lowest BCUT2D eigenvalue weighted by Gasteiger charge is -2.31. The zero-order chi connectivity index (χ0) is 15.1. The van der Waals surface area contributed by atoms with E-state index in [-0.39, 0.29) is 5.60 Å². The van der Waals surface area contributed by atoms with Crippen molar-refractivity contribution >= 4 is 11.3 Å². The van der Waals surface area contributed by atoms with Crippen LogP contribution in [0.25, 0.3) is 0 Å². The molecule has 0 bridgehead atoms. The smallest absolute Gasteiger partial charge is 0.121 e. The van der Waals surface area contributed by atoms with Gasteiger partial charge < -0.3 is 10.5 Å². The molecule has 3 heteroatoms. The van der Waals surface area contributed by atoms with Gasteiger partial charge in [-0.3, -0.25) is 0 Å². The third-order valence-corrected chi connectivity index (χ3v) is 4.49. The monoisotopic (exact) mass is 299 g/mol. The molecule has 0 atom stereocenters. The summed E-state index contributed by atoms with van der Waals surface area (Å²) < 4.78 is 6.08. The Kier molecular flexibility index (Phi) is 5.44. The van der Waals surface area contributed by atoms with Gasteiger partial charge in [-0.05, 0) is 48.6 Å². The maximum atomic E-state index is 6.08. The Morgan fingerprint density at radius 2 is 1.81 bits per heavy atom. The molecule has 0 fully saturated rings. The zero-order valence-electron chi connectivity index (χ0n) is 12.6. The summed E-state index contributed by atoms with van der Waals surface area (Å²) in [6.45, 7) is 4.74. The average molecular weight is 299 g/mol. The molecule has 0 amide bonds. The van der Waals surface area contributed by atoms with E-state index >= 15 is 0 Å². The van der Waals surface area contributed by atoms with Crippen LogP contribution in [0.2, 0.25) is 0 Å². The third-order valence-electron chi connectivity index (χ3n) is 3.70. The van der Waals surface area contributed by atoms with Crippen molar-refractivity contribution in [3.8, 4) is 17.6 Å². The van der Waals surface area contributed by atoms with Crippen LogP contribution in [-0.2, 0) is 0 Å². The number of benzene rings is 1. The minimum absolute atomic E-state index is 0.260. The highest BCUT2D eigenvalue weighted by molar-refractivity contribution is 7.10. The van der Waals surface area contributed by atoms with E-state index in [1.165, 1.54) is 0 Å². The van der Waals surface area contributed by atoms with E-state index in [1.807, 2.05) is 41.8 Å². The molecule has 1 aromatic heterocycles. The molecule has 0 spiro atoms. The molecule has 0 saturated carbocycles. The lowest BCUT2D eigenvalue weighted by molar-refractivity contribution is 0.0692. The van der Waals surface area contributed by atoms with Gasteiger partial charge in [-0.15, -0.1) is 11.3 Å². The predicted molar refractivity (Wildman–Crippen MR) is 89.7 cm³/mol. The topological polar surface area (TPSA) is 35.2 Å². The highest BCUT2D eigenvalue weighted by atomic mass is 32.1. The lowest BCUT2D eigenvalue weighted by atomic mass is 9.97. The maximum absolute atomic E-state index is 6.08. The van der Waals surface area contributed by atoms with Crippen LogP contribution in [0.5, 0.6) is 5.75 Å². The normalized spacial score (nSPS) is 10.8. The van der Waals surface area contributed by atoms with Crippen molar-refractivity contribution < 1.29 is 4.74 Å². The largest absolute Gasteiger partial charge is 0.486 e. The molecule has 0 aliphatic carbocycles. The highest BCUT2D eigenvalue weighted by Crippen LogP contribution is 2.24. The van der Waals surface area contributed by atoms with E-state index in [2.05, 4.69) is 25.7 Å². The second kappa shape index (κ2) is 7.31. The molecule has 21 heavy (non-hydrogen) atoms. The third kappa shape index (κ3) is 4.10. The molecule has 2 N–H and O–H groups in total. The van der Waals surface area contributed by atoms with Gasteiger partial charge in [0.05, 0.1) is 4.88 Å². The highest BCUT2D eigenvalue weighted by Gasteiger charge is 2.26. The van der Waals surface area contributed by atoms with Gasteiger partial charge in [0, 0.05) is 12.1 Å². The van der Waals surface area contributed by atoms with E-state index < -0.39 is 0 Å². The van der Waals surface area contributed by atoms with E-state index in [9.17, 15) is 0 Å². The Morgan fingerprint density at radius 3 is 2.33 bits per heavy atom. The van der Waals surface area contributed by atoms with E-state index in [0.717, 1.165) is 29.0 Å². The fourth-order valence-electron chi connectivity index (χ4n) is 2.06. The van der Waals surface area contributed by atoms with Crippen LogP contribution in [-0.4, -0.2) is 12.1 Å². The quantitative estimate of drug-likeness (QED) is 0.846. The summed E-state index contributed by atoms with van der Waals surface area (Å²) in [5.74, 6) is 7.16. The Hall–Kier alpha value is -1.76. The summed E-state index contributed by atoms with van der Waals surface area (Å²) in [6.07, 6.45) is 1.81. The first-order valence-corrected chi connectivity index (χ1v) is 8.14. The number of thiophene rings is 1. The van der Waals surface area contributed by atoms with Crippen molar-refractivity contribution in [1.82, 2.24) is 0 Å². The zero-order valence-corrected chi connectivity index (χ0v) is 13.4. The number of hydrogen-bond donors (Lipinski definition) is 1. The summed E-state index contributed by atoms with van der Waals surface area (Å²) >= 11 is 1.65. The van der Waals surface area contributed by atoms with Gasteiger partial charge in [-0.25, -0.2) is 0 Å². The first-order valence-electron chi connectivity index (χ1n) is 7.26. The summed E-state index contributed by atoms with van der Waals surface area (Å²) in [7, 11) is 0. The average Bonchev–Trinajstić information content (AvgIpc) is 3.05. The Balaban J connectivity index is 2.08. The molecule has 2 nitrogen and oxygen atoms in total. The molecule has 110 valence electrons. The first-order chi connectivity index (χ1) is 10.2. The van der Waals surface area contributed by atoms with Crippen molar-refractivity contribution in [1.29, 1.82) is 0 Å². The van der Waals surface area contributed by atoms with Crippen LogP contribution in [0.1, 0.15) is 37.1 Å². The molecule has 0 radical (unpaired) electrons. The van der Waals surface area contributed by atoms with Crippen LogP contribution in [0.15, 0.2) is 41.8 Å². The van der Waals surface area contributed by atoms with Crippen molar-refractivity contribution in [3.63, 3.8) is 0 Å². The molecular formula is C18H21NOS. The SMILES string of the molecule is CCC(CC)(CN)Oc1ccc(C#Cc2cccs2)cc1. The van der Waals surface area contributed by atoms with Crippen molar-refractivity contribution in [2.24, 2.45) is 5.73 Å². The molecule has 2 rings (SSSR count). The Morgan fingerprint density at radius 1 is 1.10 bits per heavy atom. The molecule has 0 aliphatic rings. The number of ether oxygens (including phenoxy) is 1. The summed E-state index contributed by atoms with van der Waals surface area (Å²) in [5.41, 5.74) is 6.59. The van der Waals surface area contributed by atoms with Crippen LogP contribution in [0, 0.1) is 11.8 Å². The Bertz CT molecular complexity index is 593. The predicted octanol–water partition coefficient (Wildman–Crippen LogP) is 4.04. The fraction of sp³-hybridized carbons (Fsp3) is 0.333. The van der Waals surface area contributed by atoms with Crippen LogP contribution >= 0.6 is 11.3 Å². The summed E-state index contributed by atoms with van der Waals surface area (Å²) in [5, 5.41) is 2.03. The molecule has 0 aliphatic heterocycles. The van der Waals surface area contributed by atoms with Gasteiger partial charge in [0.1, 0.15) is 11.4 Å². The van der Waals surface area contributed by atoms with Crippen LogP contribution < -0.4 is 10.5 Å². The molecule has 1 heterocycles. The van der Waals surface area contributed by atoms with Gasteiger partial charge >= 0.3 is 0 Å². The Labute approximate surface area is 131 Å². The van der Waals surface area contributed by atoms with Crippen LogP contribution in [0.3, 0.4) is 0 Å². The van der Waals surface area contributed by atoms with Gasteiger partial charge in [0.15, 0.2) is 0 Å². The summed E-state index contributed by atoms with van der Waals surface area (Å²) in [4.78, 5) is 1.08. The molecule has 1 aromatic carbocycles. The minimum Gasteiger partial charge on any atom is -0.486 e. The molecular weight excluding hydrogens is 278 g/mol. The maximum Gasteiger partial charge on any atom is 0.121 e. The number of hydrogen-bond acceptors (Lipinski definition) is 3. The van der Waals surface area contributed by atoms with Gasteiger partial charge in [0.2, 0.25) is 0 Å². The molecule has 0 unspecified atom stereocenters. The van der Waals surface area contributed by atoms with E-state index in [0.29, 0.717) is 6.54 Å². The van der Waals surface area contributed by atoms with Crippen molar-refractivity contribution in [2.45, 2.75) is 32.3 Å². The second-order valence-corrected chi connectivity index (χ2v) is 5.90. The van der Waals surface area contributed by atoms with E-state index in [4.69, 9.17) is 10.5 Å². The van der Waals surface area contributed by atoms with Gasteiger partial charge in [0.25, 0.3) is 0 Å². The number of nitrogens with two attached hydrogens (primary N) is 1. The first kappa shape index (κ1) is 15.6. The summed E-state index contributed by atoms with van der Waals surface area (Å²) in [6, 6.07) is 11.9. The van der Waals surface area contributed by atoms with E-state index in [1.54, 1.807) is 11.3 Å². The lowest BCUT2D eigenvalue weighted by Crippen LogP contribution is -2.42.